The molecule has 0 atom stereocenters. The Hall–Kier alpha value is -1.67. The summed E-state index contributed by atoms with van der Waals surface area (Å²) < 4.78 is 37.5. The Morgan fingerprint density at radius 3 is 2.57 bits per heavy atom. The lowest BCUT2D eigenvalue weighted by Gasteiger charge is -2.14. The number of alkyl halides is 3. The van der Waals surface area contributed by atoms with E-state index in [1.165, 1.54) is 0 Å². The molecule has 1 heterocycles. The Kier molecular flexibility index (Phi) is 4.05. The van der Waals surface area contributed by atoms with Crippen LogP contribution in [0.1, 0.15) is 23.4 Å². The number of halogens is 4. The predicted molar refractivity (Wildman–Crippen MR) is 80.4 cm³/mol. The lowest BCUT2D eigenvalue weighted by atomic mass is 9.95. The minimum atomic E-state index is -4.56. The molecule has 122 valence electrons. The van der Waals surface area contributed by atoms with Gasteiger partial charge in [-0.25, -0.2) is 0 Å². The van der Waals surface area contributed by atoms with Crippen LogP contribution in [-0.2, 0) is 17.4 Å². The van der Waals surface area contributed by atoms with Gasteiger partial charge in [-0.2, -0.15) is 13.2 Å². The summed E-state index contributed by atoms with van der Waals surface area (Å²) in [5.41, 5.74) is 0.213. The van der Waals surface area contributed by atoms with E-state index in [1.807, 2.05) is 12.1 Å². The minimum Gasteiger partial charge on any atom is -0.300 e. The third-order valence-corrected chi connectivity index (χ3v) is 4.96. The van der Waals surface area contributed by atoms with E-state index in [-0.39, 0.29) is 11.0 Å². The van der Waals surface area contributed by atoms with Gasteiger partial charge in [0.2, 0.25) is 16.0 Å². The van der Waals surface area contributed by atoms with E-state index < -0.39 is 16.6 Å². The van der Waals surface area contributed by atoms with E-state index in [1.54, 1.807) is 12.1 Å². The van der Waals surface area contributed by atoms with Crippen molar-refractivity contribution in [3.05, 3.63) is 39.9 Å². The first kappa shape index (κ1) is 16.2. The first-order valence-electron chi connectivity index (χ1n) is 6.76. The van der Waals surface area contributed by atoms with Crippen molar-refractivity contribution < 1.29 is 18.0 Å². The highest BCUT2D eigenvalue weighted by Crippen LogP contribution is 2.50. The summed E-state index contributed by atoms with van der Waals surface area (Å²) in [6.45, 7) is 0. The Labute approximate surface area is 138 Å². The molecule has 1 N–H and O–H groups in total. The van der Waals surface area contributed by atoms with Crippen LogP contribution in [0.3, 0.4) is 0 Å². The van der Waals surface area contributed by atoms with Gasteiger partial charge in [0.25, 0.3) is 0 Å². The molecule has 1 amide bonds. The highest BCUT2D eigenvalue weighted by Gasteiger charge is 2.50. The van der Waals surface area contributed by atoms with Gasteiger partial charge in [0, 0.05) is 5.02 Å². The van der Waals surface area contributed by atoms with Crippen LogP contribution in [0.2, 0.25) is 5.02 Å². The maximum Gasteiger partial charge on any atom is 0.445 e. The van der Waals surface area contributed by atoms with Crippen LogP contribution in [0.4, 0.5) is 18.3 Å². The second kappa shape index (κ2) is 5.76. The first-order valence-corrected chi connectivity index (χ1v) is 7.95. The van der Waals surface area contributed by atoms with Crippen molar-refractivity contribution in [2.75, 3.05) is 5.32 Å². The summed E-state index contributed by atoms with van der Waals surface area (Å²) in [4.78, 5) is 12.4. The number of amides is 1. The van der Waals surface area contributed by atoms with Gasteiger partial charge in [-0.05, 0) is 30.9 Å². The fourth-order valence-electron chi connectivity index (χ4n) is 2.26. The molecule has 0 aliphatic heterocycles. The Balaban J connectivity index is 1.71. The van der Waals surface area contributed by atoms with Crippen LogP contribution in [0.15, 0.2) is 24.3 Å². The van der Waals surface area contributed by atoms with E-state index in [0.717, 1.165) is 5.56 Å². The molecule has 1 aliphatic carbocycles. The molecule has 23 heavy (non-hydrogen) atoms. The minimum absolute atomic E-state index is 0.146. The van der Waals surface area contributed by atoms with Gasteiger partial charge in [0.15, 0.2) is 0 Å². The van der Waals surface area contributed by atoms with Crippen LogP contribution in [-0.4, -0.2) is 16.1 Å². The van der Waals surface area contributed by atoms with Crippen molar-refractivity contribution in [1.29, 1.82) is 0 Å². The van der Waals surface area contributed by atoms with Gasteiger partial charge < -0.3 is 5.32 Å². The second-order valence-electron chi connectivity index (χ2n) is 5.41. The van der Waals surface area contributed by atoms with Crippen molar-refractivity contribution in [2.24, 2.45) is 5.41 Å². The molecule has 4 nitrogen and oxygen atoms in total. The smallest absolute Gasteiger partial charge is 0.300 e. The summed E-state index contributed by atoms with van der Waals surface area (Å²) in [6, 6.07) is 7.20. The number of benzene rings is 1. The van der Waals surface area contributed by atoms with Gasteiger partial charge in [-0.3, -0.25) is 4.79 Å². The van der Waals surface area contributed by atoms with E-state index in [4.69, 9.17) is 11.6 Å². The standard InChI is InChI=1S/C14H11ClF3N3OS/c15-9-4-2-1-3-8(9)7-13(5-6-13)10(22)19-12-21-20-11(23-12)14(16,17)18/h1-4H,5-7H2,(H,19,21,22). The average Bonchev–Trinajstić information content (AvgIpc) is 3.10. The average molecular weight is 362 g/mol. The van der Waals surface area contributed by atoms with Crippen molar-refractivity contribution >= 4 is 34.0 Å². The summed E-state index contributed by atoms with van der Waals surface area (Å²) >= 11 is 6.42. The van der Waals surface area contributed by atoms with E-state index >= 15 is 0 Å². The summed E-state index contributed by atoms with van der Waals surface area (Å²) in [5.74, 6) is -0.345. The largest absolute Gasteiger partial charge is 0.445 e. The molecule has 0 spiro atoms. The quantitative estimate of drug-likeness (QED) is 0.889. The van der Waals surface area contributed by atoms with Crippen molar-refractivity contribution in [2.45, 2.75) is 25.4 Å². The molecule has 1 aliphatic rings. The van der Waals surface area contributed by atoms with E-state index in [0.29, 0.717) is 35.6 Å². The number of nitrogens with one attached hydrogen (secondary N) is 1. The molecule has 9 heteroatoms. The first-order chi connectivity index (χ1) is 10.8. The number of nitrogens with zero attached hydrogens (tertiary/aromatic N) is 2. The van der Waals surface area contributed by atoms with Gasteiger partial charge >= 0.3 is 6.18 Å². The number of rotatable bonds is 4. The topological polar surface area (TPSA) is 54.9 Å². The molecule has 3 rings (SSSR count). The molecule has 0 saturated heterocycles. The van der Waals surface area contributed by atoms with Gasteiger partial charge in [-0.1, -0.05) is 41.1 Å². The molecule has 2 aromatic rings. The lowest BCUT2D eigenvalue weighted by molar-refractivity contribution is -0.138. The van der Waals surface area contributed by atoms with Crippen molar-refractivity contribution in [3.8, 4) is 0 Å². The molecule has 0 unspecified atom stereocenters. The van der Waals surface area contributed by atoms with Crippen LogP contribution < -0.4 is 5.32 Å². The molecule has 1 fully saturated rings. The molecule has 1 aromatic carbocycles. The predicted octanol–water partition coefficient (Wildman–Crippen LogP) is 4.17. The molecule has 0 bridgehead atoms. The summed E-state index contributed by atoms with van der Waals surface area (Å²) in [5, 5.41) is 8.21. The zero-order valence-electron chi connectivity index (χ0n) is 11.7. The summed E-state index contributed by atoms with van der Waals surface area (Å²) in [6.07, 6.45) is -2.79. The third kappa shape index (κ3) is 3.48. The van der Waals surface area contributed by atoms with Crippen LogP contribution in [0, 0.1) is 5.41 Å². The van der Waals surface area contributed by atoms with Crippen LogP contribution in [0.5, 0.6) is 0 Å². The van der Waals surface area contributed by atoms with Crippen molar-refractivity contribution in [3.63, 3.8) is 0 Å². The second-order valence-corrected chi connectivity index (χ2v) is 6.80. The van der Waals surface area contributed by atoms with Crippen LogP contribution >= 0.6 is 22.9 Å². The van der Waals surface area contributed by atoms with Crippen molar-refractivity contribution in [1.82, 2.24) is 10.2 Å². The number of hydrogen-bond acceptors (Lipinski definition) is 4. The number of anilines is 1. The molecular weight excluding hydrogens is 351 g/mol. The Morgan fingerprint density at radius 1 is 1.30 bits per heavy atom. The zero-order valence-corrected chi connectivity index (χ0v) is 13.2. The van der Waals surface area contributed by atoms with Crippen LogP contribution in [0.25, 0.3) is 0 Å². The third-order valence-electron chi connectivity index (χ3n) is 3.71. The van der Waals surface area contributed by atoms with Gasteiger partial charge in [-0.15, -0.1) is 10.2 Å². The highest BCUT2D eigenvalue weighted by atomic mass is 35.5. The number of aromatic nitrogens is 2. The molecular formula is C14H11ClF3N3OS. The normalized spacial score (nSPS) is 16.2. The molecule has 1 saturated carbocycles. The summed E-state index contributed by atoms with van der Waals surface area (Å²) in [7, 11) is 0. The number of carbonyl (C=O) groups excluding carboxylic acids is 1. The number of carbonyl (C=O) groups is 1. The maximum atomic E-state index is 12.5. The van der Waals surface area contributed by atoms with Gasteiger partial charge in [0.1, 0.15) is 0 Å². The Bertz CT molecular complexity index is 743. The zero-order chi connectivity index (χ0) is 16.7. The van der Waals surface area contributed by atoms with Gasteiger partial charge in [0.05, 0.1) is 5.41 Å². The lowest BCUT2D eigenvalue weighted by Crippen LogP contribution is -2.26. The Morgan fingerprint density at radius 2 is 2.00 bits per heavy atom. The monoisotopic (exact) mass is 361 g/mol. The SMILES string of the molecule is O=C(Nc1nnc(C(F)(F)F)s1)C1(Cc2ccccc2Cl)CC1. The molecule has 0 radical (unpaired) electrons. The number of hydrogen-bond donors (Lipinski definition) is 1. The molecule has 1 aromatic heterocycles. The highest BCUT2D eigenvalue weighted by molar-refractivity contribution is 7.15. The fourth-order valence-corrected chi connectivity index (χ4v) is 3.07. The maximum absolute atomic E-state index is 12.5. The fraction of sp³-hybridized carbons (Fsp3) is 0.357. The van der Waals surface area contributed by atoms with E-state index in [9.17, 15) is 18.0 Å². The van der Waals surface area contributed by atoms with E-state index in [2.05, 4.69) is 15.5 Å².